The van der Waals surface area contributed by atoms with Crippen molar-refractivity contribution in [1.82, 2.24) is 0 Å². The molecule has 0 heterocycles. The molecule has 13 heavy (non-hydrogen) atoms. The van der Waals surface area contributed by atoms with E-state index in [-0.39, 0.29) is 11.5 Å². The second kappa shape index (κ2) is 3.41. The Kier molecular flexibility index (Phi) is 2.41. The lowest BCUT2D eigenvalue weighted by atomic mass is 9.69. The maximum Gasteiger partial charge on any atom is 0.141 e. The third-order valence-electron chi connectivity index (χ3n) is 3.82. The smallest absolute Gasteiger partial charge is 0.141 e. The zero-order valence-electron chi connectivity index (χ0n) is 8.34. The number of rotatable bonds is 1. The molecule has 0 bridgehead atoms. The van der Waals surface area contributed by atoms with E-state index in [1.807, 2.05) is 0 Å². The largest absolute Gasteiger partial charge is 0.380 e. The number of carbonyl (C=O) groups is 1. The lowest BCUT2D eigenvalue weighted by molar-refractivity contribution is -0.142. The Morgan fingerprint density at radius 2 is 2.00 bits per heavy atom. The van der Waals surface area contributed by atoms with Gasteiger partial charge in [0, 0.05) is 13.5 Å². The molecule has 74 valence electrons. The van der Waals surface area contributed by atoms with Gasteiger partial charge in [0.2, 0.25) is 0 Å². The Morgan fingerprint density at radius 1 is 1.31 bits per heavy atom. The second-order valence-electron chi connectivity index (χ2n) is 4.40. The maximum atomic E-state index is 11.9. The summed E-state index contributed by atoms with van der Waals surface area (Å²) in [6, 6.07) is 0. The quantitative estimate of drug-likeness (QED) is 0.622. The van der Waals surface area contributed by atoms with Gasteiger partial charge < -0.3 is 4.74 Å². The van der Waals surface area contributed by atoms with Crippen molar-refractivity contribution in [2.75, 3.05) is 7.11 Å². The van der Waals surface area contributed by atoms with E-state index in [4.69, 9.17) is 4.74 Å². The van der Waals surface area contributed by atoms with Gasteiger partial charge in [0.25, 0.3) is 0 Å². The van der Waals surface area contributed by atoms with Crippen molar-refractivity contribution >= 4 is 5.78 Å². The zero-order chi connectivity index (χ0) is 9.31. The molecule has 1 atom stereocenters. The molecule has 0 aliphatic heterocycles. The molecule has 2 aliphatic carbocycles. The molecule has 2 aliphatic rings. The number of hydrogen-bond donors (Lipinski definition) is 0. The van der Waals surface area contributed by atoms with Gasteiger partial charge in [-0.3, -0.25) is 4.79 Å². The van der Waals surface area contributed by atoms with Crippen LogP contribution in [0, 0.1) is 5.41 Å². The van der Waals surface area contributed by atoms with E-state index in [0.29, 0.717) is 5.78 Å². The zero-order valence-corrected chi connectivity index (χ0v) is 8.34. The maximum absolute atomic E-state index is 11.9. The molecule has 0 radical (unpaired) electrons. The van der Waals surface area contributed by atoms with Gasteiger partial charge in [-0.1, -0.05) is 12.8 Å². The minimum absolute atomic E-state index is 0.0625. The van der Waals surface area contributed by atoms with Gasteiger partial charge in [0.05, 0.1) is 11.5 Å². The Bertz CT molecular complexity index is 204. The molecule has 2 rings (SSSR count). The number of Topliss-reactive ketones (excluding diaryl/α,β-unsaturated/α-hetero) is 1. The molecule has 0 aromatic rings. The Labute approximate surface area is 79.7 Å². The molecule has 2 heteroatoms. The first kappa shape index (κ1) is 9.20. The van der Waals surface area contributed by atoms with Crippen LogP contribution >= 0.6 is 0 Å². The topological polar surface area (TPSA) is 26.3 Å². The Morgan fingerprint density at radius 3 is 2.62 bits per heavy atom. The average molecular weight is 182 g/mol. The van der Waals surface area contributed by atoms with E-state index in [1.165, 1.54) is 12.8 Å². The number of hydrogen-bond acceptors (Lipinski definition) is 2. The second-order valence-corrected chi connectivity index (χ2v) is 4.40. The number of methoxy groups -OCH3 is 1. The van der Waals surface area contributed by atoms with Gasteiger partial charge in [-0.2, -0.15) is 0 Å². The highest BCUT2D eigenvalue weighted by molar-refractivity contribution is 5.86. The molecular weight excluding hydrogens is 164 g/mol. The average Bonchev–Trinajstić information content (AvgIpc) is 2.60. The predicted octanol–water partition coefficient (Wildman–Crippen LogP) is 2.31. The van der Waals surface area contributed by atoms with Gasteiger partial charge in [-0.15, -0.1) is 0 Å². The number of ketones is 1. The van der Waals surface area contributed by atoms with E-state index in [2.05, 4.69) is 0 Å². The fourth-order valence-corrected chi connectivity index (χ4v) is 3.10. The number of carbonyl (C=O) groups excluding carboxylic acids is 1. The summed E-state index contributed by atoms with van der Waals surface area (Å²) >= 11 is 0. The van der Waals surface area contributed by atoms with Gasteiger partial charge in [0.1, 0.15) is 5.78 Å². The van der Waals surface area contributed by atoms with E-state index in [0.717, 1.165) is 32.1 Å². The van der Waals surface area contributed by atoms with Crippen molar-refractivity contribution in [3.8, 4) is 0 Å². The van der Waals surface area contributed by atoms with E-state index >= 15 is 0 Å². The minimum Gasteiger partial charge on any atom is -0.380 e. The molecule has 0 aromatic heterocycles. The summed E-state index contributed by atoms with van der Waals surface area (Å²) in [7, 11) is 1.75. The standard InChI is InChI=1S/C11H18O2/c1-13-10-6-4-5-9(12)11(10)7-2-3-8-11/h10H,2-8H2,1H3. The molecule has 2 nitrogen and oxygen atoms in total. The summed E-state index contributed by atoms with van der Waals surface area (Å²) in [6.07, 6.45) is 7.70. The summed E-state index contributed by atoms with van der Waals surface area (Å²) in [5, 5.41) is 0. The normalized spacial score (nSPS) is 32.7. The molecule has 2 fully saturated rings. The van der Waals surface area contributed by atoms with Crippen LogP contribution in [0.4, 0.5) is 0 Å². The molecule has 2 saturated carbocycles. The highest BCUT2D eigenvalue weighted by Gasteiger charge is 2.48. The summed E-state index contributed by atoms with van der Waals surface area (Å²) in [6.45, 7) is 0. The monoisotopic (exact) mass is 182 g/mol. The fourth-order valence-electron chi connectivity index (χ4n) is 3.10. The van der Waals surface area contributed by atoms with Crippen LogP contribution in [0.3, 0.4) is 0 Å². The fraction of sp³-hybridized carbons (Fsp3) is 0.909. The van der Waals surface area contributed by atoms with E-state index in [9.17, 15) is 4.79 Å². The van der Waals surface area contributed by atoms with Crippen molar-refractivity contribution in [3.05, 3.63) is 0 Å². The summed E-state index contributed by atoms with van der Waals surface area (Å²) in [5.41, 5.74) is -0.0625. The highest BCUT2D eigenvalue weighted by Crippen LogP contribution is 2.47. The SMILES string of the molecule is COC1CCCC(=O)C12CCCC2. The van der Waals surface area contributed by atoms with Gasteiger partial charge in [-0.25, -0.2) is 0 Å². The van der Waals surface area contributed by atoms with Crippen molar-refractivity contribution < 1.29 is 9.53 Å². The first-order valence-electron chi connectivity index (χ1n) is 5.36. The Balaban J connectivity index is 2.21. The lowest BCUT2D eigenvalue weighted by Gasteiger charge is -2.38. The van der Waals surface area contributed by atoms with Crippen LogP contribution < -0.4 is 0 Å². The molecule has 1 spiro atoms. The van der Waals surface area contributed by atoms with Gasteiger partial charge in [-0.05, 0) is 25.7 Å². The molecular formula is C11H18O2. The summed E-state index contributed by atoms with van der Waals surface area (Å²) in [5.74, 6) is 0.475. The van der Waals surface area contributed by atoms with Crippen LogP contribution in [0.2, 0.25) is 0 Å². The third kappa shape index (κ3) is 1.32. The van der Waals surface area contributed by atoms with Crippen molar-refractivity contribution in [1.29, 1.82) is 0 Å². The third-order valence-corrected chi connectivity index (χ3v) is 3.82. The summed E-state index contributed by atoms with van der Waals surface area (Å²) < 4.78 is 5.48. The van der Waals surface area contributed by atoms with Crippen LogP contribution in [0.15, 0.2) is 0 Å². The molecule has 0 saturated heterocycles. The van der Waals surface area contributed by atoms with Crippen LogP contribution in [-0.2, 0) is 9.53 Å². The van der Waals surface area contributed by atoms with Crippen LogP contribution in [0.5, 0.6) is 0 Å². The van der Waals surface area contributed by atoms with E-state index in [1.54, 1.807) is 7.11 Å². The van der Waals surface area contributed by atoms with Crippen molar-refractivity contribution in [3.63, 3.8) is 0 Å². The predicted molar refractivity (Wildman–Crippen MR) is 50.6 cm³/mol. The van der Waals surface area contributed by atoms with Crippen molar-refractivity contribution in [2.45, 2.75) is 51.0 Å². The lowest BCUT2D eigenvalue weighted by Crippen LogP contribution is -2.44. The highest BCUT2D eigenvalue weighted by atomic mass is 16.5. The molecule has 0 aromatic carbocycles. The van der Waals surface area contributed by atoms with Crippen LogP contribution in [0.25, 0.3) is 0 Å². The van der Waals surface area contributed by atoms with E-state index < -0.39 is 0 Å². The number of ether oxygens (including phenoxy) is 1. The first-order chi connectivity index (χ1) is 6.29. The Hall–Kier alpha value is -0.370. The van der Waals surface area contributed by atoms with Gasteiger partial charge >= 0.3 is 0 Å². The minimum atomic E-state index is -0.0625. The van der Waals surface area contributed by atoms with Crippen LogP contribution in [-0.4, -0.2) is 19.0 Å². The molecule has 1 unspecified atom stereocenters. The molecule has 0 amide bonds. The van der Waals surface area contributed by atoms with Gasteiger partial charge in [0.15, 0.2) is 0 Å². The van der Waals surface area contributed by atoms with Crippen LogP contribution in [0.1, 0.15) is 44.9 Å². The summed E-state index contributed by atoms with van der Waals surface area (Å²) in [4.78, 5) is 11.9. The molecule has 0 N–H and O–H groups in total. The van der Waals surface area contributed by atoms with Crippen molar-refractivity contribution in [2.24, 2.45) is 5.41 Å². The first-order valence-corrected chi connectivity index (χ1v) is 5.36.